The Balaban J connectivity index is 1.80. The zero-order valence-corrected chi connectivity index (χ0v) is 21.2. The molecule has 1 heterocycles. The highest BCUT2D eigenvalue weighted by molar-refractivity contribution is 8.22. The molecule has 2 aromatic carbocycles. The lowest BCUT2D eigenvalue weighted by molar-refractivity contribution is -0.116. The van der Waals surface area contributed by atoms with E-state index in [4.69, 9.17) is 0 Å². The van der Waals surface area contributed by atoms with Crippen LogP contribution in [0.3, 0.4) is 0 Å². The molecule has 1 aliphatic rings. The minimum atomic E-state index is -0.249. The van der Waals surface area contributed by atoms with Crippen molar-refractivity contribution in [3.8, 4) is 0 Å². The summed E-state index contributed by atoms with van der Waals surface area (Å²) in [6.45, 7) is 0. The summed E-state index contributed by atoms with van der Waals surface area (Å²) in [6, 6.07) is 15.9. The summed E-state index contributed by atoms with van der Waals surface area (Å²) >= 11 is 3.21. The molecule has 0 amide bonds. The predicted molar refractivity (Wildman–Crippen MR) is 146 cm³/mol. The summed E-state index contributed by atoms with van der Waals surface area (Å²) in [7, 11) is 7.95. The second-order valence-corrected chi connectivity index (χ2v) is 10.5. The maximum absolute atomic E-state index is 13.1. The Bertz CT molecular complexity index is 983. The van der Waals surface area contributed by atoms with Gasteiger partial charge < -0.3 is 9.80 Å². The van der Waals surface area contributed by atoms with Gasteiger partial charge in [-0.1, -0.05) is 36.4 Å². The standard InChI is InChI=1S/C27H30N2O2S2/c1-28(2)22-12-6-20(7-13-22)10-16-24(30)26(27-32-18-5-19-33-27)25(31)17-11-21-8-14-23(15-9-21)29(3)4/h6-17H,5,18-19H2,1-4H3/b16-10+,17-11+. The maximum atomic E-state index is 13.1. The number of thioether (sulfide) groups is 2. The van der Waals surface area contributed by atoms with Gasteiger partial charge >= 0.3 is 0 Å². The molecule has 6 heteroatoms. The molecule has 1 fully saturated rings. The number of carbonyl (C=O) groups excluding carboxylic acids is 2. The second-order valence-electron chi connectivity index (χ2n) is 8.08. The highest BCUT2D eigenvalue weighted by Crippen LogP contribution is 2.38. The Morgan fingerprint density at radius 3 is 1.45 bits per heavy atom. The summed E-state index contributed by atoms with van der Waals surface area (Å²) in [6.07, 6.45) is 7.66. The Hall–Kier alpha value is -2.70. The van der Waals surface area contributed by atoms with Crippen LogP contribution < -0.4 is 9.80 Å². The number of hydrogen-bond acceptors (Lipinski definition) is 6. The van der Waals surface area contributed by atoms with E-state index >= 15 is 0 Å². The fraction of sp³-hybridized carbons (Fsp3) is 0.259. The number of benzene rings is 2. The van der Waals surface area contributed by atoms with E-state index in [-0.39, 0.29) is 17.1 Å². The molecule has 0 saturated carbocycles. The summed E-state index contributed by atoms with van der Waals surface area (Å²) in [5, 5.41) is 0. The van der Waals surface area contributed by atoms with Gasteiger partial charge in [-0.05, 0) is 65.5 Å². The van der Waals surface area contributed by atoms with E-state index in [9.17, 15) is 9.59 Å². The van der Waals surface area contributed by atoms with Crippen molar-refractivity contribution in [2.45, 2.75) is 6.42 Å². The first-order chi connectivity index (χ1) is 15.8. The van der Waals surface area contributed by atoms with Crippen molar-refractivity contribution < 1.29 is 9.59 Å². The molecule has 0 N–H and O–H groups in total. The molecule has 1 aliphatic heterocycles. The van der Waals surface area contributed by atoms with Crippen LogP contribution in [0.1, 0.15) is 17.5 Å². The fourth-order valence-electron chi connectivity index (χ4n) is 3.17. The number of allylic oxidation sites excluding steroid dienone is 3. The maximum Gasteiger partial charge on any atom is 0.191 e. The van der Waals surface area contributed by atoms with E-state index in [0.29, 0.717) is 0 Å². The first-order valence-electron chi connectivity index (χ1n) is 10.8. The third-order valence-corrected chi connectivity index (χ3v) is 7.75. The quantitative estimate of drug-likeness (QED) is 0.273. The van der Waals surface area contributed by atoms with E-state index in [2.05, 4.69) is 0 Å². The third kappa shape index (κ3) is 7.14. The summed E-state index contributed by atoms with van der Waals surface area (Å²) < 4.78 is 0.830. The SMILES string of the molecule is CN(C)c1ccc(/C=C/C(=O)C(C(=O)/C=C/c2ccc(N(C)C)cc2)=C2SCCCS2)cc1. The Kier molecular flexibility index (Phi) is 9.03. The molecule has 0 aromatic heterocycles. The van der Waals surface area contributed by atoms with E-state index < -0.39 is 0 Å². The molecular formula is C27H30N2O2S2. The van der Waals surface area contributed by atoms with Crippen LogP contribution in [0.15, 0.2) is 70.5 Å². The van der Waals surface area contributed by atoms with Gasteiger partial charge in [-0.25, -0.2) is 0 Å². The number of ketones is 2. The Labute approximate surface area is 205 Å². The first kappa shape index (κ1) is 24.9. The molecular weight excluding hydrogens is 448 g/mol. The van der Waals surface area contributed by atoms with Gasteiger partial charge in [-0.3, -0.25) is 9.59 Å². The third-order valence-electron chi connectivity index (χ3n) is 5.13. The van der Waals surface area contributed by atoms with Crippen LogP contribution in [0, 0.1) is 0 Å². The smallest absolute Gasteiger partial charge is 0.191 e. The van der Waals surface area contributed by atoms with Crippen LogP contribution in [0.2, 0.25) is 0 Å². The molecule has 0 aliphatic carbocycles. The fourth-order valence-corrected chi connectivity index (χ4v) is 5.83. The lowest BCUT2D eigenvalue weighted by atomic mass is 10.1. The molecule has 0 radical (unpaired) electrons. The van der Waals surface area contributed by atoms with Crippen LogP contribution in [0.25, 0.3) is 12.2 Å². The highest BCUT2D eigenvalue weighted by Gasteiger charge is 2.22. The first-order valence-corrected chi connectivity index (χ1v) is 12.8. The van der Waals surface area contributed by atoms with Crippen LogP contribution >= 0.6 is 23.5 Å². The summed E-state index contributed by atoms with van der Waals surface area (Å²) in [5.41, 5.74) is 4.30. The van der Waals surface area contributed by atoms with Gasteiger partial charge in [0.05, 0.1) is 9.81 Å². The zero-order valence-electron chi connectivity index (χ0n) is 19.6. The topological polar surface area (TPSA) is 40.6 Å². The molecule has 0 spiro atoms. The van der Waals surface area contributed by atoms with Crippen LogP contribution in [-0.2, 0) is 9.59 Å². The van der Waals surface area contributed by atoms with Crippen molar-refractivity contribution >= 4 is 58.6 Å². The van der Waals surface area contributed by atoms with Crippen molar-refractivity contribution in [3.63, 3.8) is 0 Å². The Morgan fingerprint density at radius 1 is 0.697 bits per heavy atom. The number of nitrogens with zero attached hydrogens (tertiary/aromatic N) is 2. The van der Waals surface area contributed by atoms with Gasteiger partial charge in [-0.2, -0.15) is 0 Å². The second kappa shape index (κ2) is 12.0. The minimum absolute atomic E-state index is 0.249. The summed E-state index contributed by atoms with van der Waals surface area (Å²) in [4.78, 5) is 30.3. The van der Waals surface area contributed by atoms with Crippen molar-refractivity contribution in [2.24, 2.45) is 0 Å². The van der Waals surface area contributed by atoms with E-state index in [1.807, 2.05) is 86.5 Å². The van der Waals surface area contributed by atoms with Crippen LogP contribution in [-0.4, -0.2) is 51.3 Å². The van der Waals surface area contributed by atoms with Gasteiger partial charge in [0.1, 0.15) is 0 Å². The Morgan fingerprint density at radius 2 is 1.09 bits per heavy atom. The molecule has 0 unspecified atom stereocenters. The monoisotopic (exact) mass is 478 g/mol. The van der Waals surface area contributed by atoms with Gasteiger partial charge in [0.15, 0.2) is 11.6 Å². The number of hydrogen-bond donors (Lipinski definition) is 0. The summed E-state index contributed by atoms with van der Waals surface area (Å²) in [5.74, 6) is 1.36. The molecule has 1 saturated heterocycles. The lowest BCUT2D eigenvalue weighted by Gasteiger charge is -2.15. The van der Waals surface area contributed by atoms with Crippen molar-refractivity contribution in [3.05, 3.63) is 81.6 Å². The van der Waals surface area contributed by atoms with E-state index in [1.54, 1.807) is 35.7 Å². The normalized spacial score (nSPS) is 14.0. The van der Waals surface area contributed by atoms with Crippen molar-refractivity contribution in [2.75, 3.05) is 49.5 Å². The van der Waals surface area contributed by atoms with Crippen molar-refractivity contribution in [1.82, 2.24) is 0 Å². The van der Waals surface area contributed by atoms with Crippen LogP contribution in [0.5, 0.6) is 0 Å². The number of carbonyl (C=O) groups is 2. The van der Waals surface area contributed by atoms with Gasteiger partial charge in [0, 0.05) is 39.6 Å². The number of rotatable bonds is 8. The molecule has 172 valence electrons. The molecule has 0 atom stereocenters. The molecule has 0 bridgehead atoms. The number of anilines is 2. The van der Waals surface area contributed by atoms with Gasteiger partial charge in [0.25, 0.3) is 0 Å². The molecule has 3 rings (SSSR count). The highest BCUT2D eigenvalue weighted by atomic mass is 32.2. The van der Waals surface area contributed by atoms with E-state index in [1.165, 1.54) is 12.2 Å². The molecule has 33 heavy (non-hydrogen) atoms. The van der Waals surface area contributed by atoms with Gasteiger partial charge in [0.2, 0.25) is 0 Å². The average Bonchev–Trinajstić information content (AvgIpc) is 2.82. The minimum Gasteiger partial charge on any atom is -0.378 e. The van der Waals surface area contributed by atoms with Crippen molar-refractivity contribution in [1.29, 1.82) is 0 Å². The van der Waals surface area contributed by atoms with E-state index in [0.717, 1.165) is 44.7 Å². The molecule has 2 aromatic rings. The average molecular weight is 479 g/mol. The zero-order chi connectivity index (χ0) is 23.8. The van der Waals surface area contributed by atoms with Gasteiger partial charge in [-0.15, -0.1) is 23.5 Å². The largest absolute Gasteiger partial charge is 0.378 e. The molecule has 4 nitrogen and oxygen atoms in total. The van der Waals surface area contributed by atoms with Crippen LogP contribution in [0.4, 0.5) is 11.4 Å². The lowest BCUT2D eigenvalue weighted by Crippen LogP contribution is -2.12. The predicted octanol–water partition coefficient (Wildman–Crippen LogP) is 5.77.